The molecule has 0 bridgehead atoms. The Labute approximate surface area is 159 Å². The Hall–Kier alpha value is -2.75. The van der Waals surface area contributed by atoms with Crippen molar-refractivity contribution in [2.45, 2.75) is 6.42 Å². The molecule has 1 aromatic carbocycles. The molecule has 0 fully saturated rings. The highest BCUT2D eigenvalue weighted by molar-refractivity contribution is 7.19. The van der Waals surface area contributed by atoms with Gasteiger partial charge in [-0.25, -0.2) is 4.39 Å². The molecular formula is C19H15ClFN3OS. The Bertz CT molecular complexity index is 922. The molecule has 7 heteroatoms. The molecular weight excluding hydrogens is 373 g/mol. The number of benzene rings is 1. The minimum absolute atomic E-state index is 0.0596. The maximum atomic E-state index is 12.5. The lowest BCUT2D eigenvalue weighted by Crippen LogP contribution is -1.86. The lowest BCUT2D eigenvalue weighted by Gasteiger charge is -1.96. The third-order valence-corrected chi connectivity index (χ3v) is 4.84. The van der Waals surface area contributed by atoms with E-state index in [0.29, 0.717) is 5.56 Å². The van der Waals surface area contributed by atoms with E-state index in [4.69, 9.17) is 16.9 Å². The zero-order chi connectivity index (χ0) is 18.9. The van der Waals surface area contributed by atoms with E-state index >= 15 is 0 Å². The number of thiophene rings is 1. The first-order valence-corrected chi connectivity index (χ1v) is 8.78. The van der Waals surface area contributed by atoms with Gasteiger partial charge < -0.3 is 10.1 Å². The van der Waals surface area contributed by atoms with Gasteiger partial charge in [0.2, 0.25) is 0 Å². The van der Waals surface area contributed by atoms with E-state index in [1.165, 1.54) is 18.2 Å². The maximum absolute atomic E-state index is 12.5. The second-order valence-electron chi connectivity index (χ2n) is 5.07. The van der Waals surface area contributed by atoms with Crippen molar-refractivity contribution >= 4 is 34.2 Å². The van der Waals surface area contributed by atoms with Crippen LogP contribution in [-0.4, -0.2) is 18.3 Å². The molecule has 0 spiro atoms. The van der Waals surface area contributed by atoms with Crippen molar-refractivity contribution in [1.82, 2.24) is 4.98 Å². The Morgan fingerprint density at radius 3 is 2.58 bits per heavy atom. The summed E-state index contributed by atoms with van der Waals surface area (Å²) in [5.41, 5.74) is 2.51. The first-order valence-electron chi connectivity index (χ1n) is 7.58. The van der Waals surface area contributed by atoms with Crippen LogP contribution >= 0.6 is 22.9 Å². The minimum Gasteiger partial charge on any atom is -0.379 e. The highest BCUT2D eigenvalue weighted by atomic mass is 35.5. The monoisotopic (exact) mass is 387 g/mol. The Balaban J connectivity index is 0.000000197. The number of nitrogens with zero attached hydrogens (tertiary/aromatic N) is 2. The number of halogens is 2. The van der Waals surface area contributed by atoms with Gasteiger partial charge in [0.05, 0.1) is 10.6 Å². The summed E-state index contributed by atoms with van der Waals surface area (Å²) in [6, 6.07) is 12.2. The molecule has 0 aliphatic rings. The van der Waals surface area contributed by atoms with E-state index in [-0.39, 0.29) is 11.4 Å². The van der Waals surface area contributed by atoms with Crippen molar-refractivity contribution < 1.29 is 9.18 Å². The van der Waals surface area contributed by atoms with Gasteiger partial charge in [0, 0.05) is 30.7 Å². The molecule has 1 N–H and O–H groups in total. The lowest BCUT2D eigenvalue weighted by atomic mass is 10.2. The summed E-state index contributed by atoms with van der Waals surface area (Å²) in [6.07, 6.45) is 4.53. The van der Waals surface area contributed by atoms with E-state index in [2.05, 4.69) is 16.4 Å². The molecule has 0 aliphatic heterocycles. The number of anilines is 1. The van der Waals surface area contributed by atoms with Crippen molar-refractivity contribution in [2.24, 2.45) is 0 Å². The van der Waals surface area contributed by atoms with Gasteiger partial charge in [-0.1, -0.05) is 17.7 Å². The minimum atomic E-state index is -0.457. The molecule has 26 heavy (non-hydrogen) atoms. The van der Waals surface area contributed by atoms with E-state index in [0.717, 1.165) is 27.3 Å². The molecule has 0 aliphatic carbocycles. The summed E-state index contributed by atoms with van der Waals surface area (Å²) in [6.45, 7) is 0. The van der Waals surface area contributed by atoms with Gasteiger partial charge in [0.1, 0.15) is 23.2 Å². The predicted molar refractivity (Wildman–Crippen MR) is 103 cm³/mol. The van der Waals surface area contributed by atoms with Gasteiger partial charge >= 0.3 is 0 Å². The van der Waals surface area contributed by atoms with E-state index in [1.807, 2.05) is 25.2 Å². The molecule has 0 atom stereocenters. The van der Waals surface area contributed by atoms with Crippen LogP contribution < -0.4 is 5.32 Å². The quantitative estimate of drug-likeness (QED) is 0.643. The number of rotatable bonds is 4. The first-order chi connectivity index (χ1) is 12.6. The Morgan fingerprint density at radius 2 is 2.04 bits per heavy atom. The molecule has 0 unspecified atom stereocenters. The van der Waals surface area contributed by atoms with E-state index < -0.39 is 5.82 Å². The van der Waals surface area contributed by atoms with Crippen LogP contribution in [0.5, 0.6) is 0 Å². The van der Waals surface area contributed by atoms with Crippen molar-refractivity contribution in [3.63, 3.8) is 0 Å². The zero-order valence-corrected chi connectivity index (χ0v) is 15.4. The van der Waals surface area contributed by atoms with Crippen LogP contribution in [0.1, 0.15) is 11.1 Å². The average Bonchev–Trinajstić information content (AvgIpc) is 3.10. The molecule has 132 valence electrons. The molecule has 0 saturated heterocycles. The summed E-state index contributed by atoms with van der Waals surface area (Å²) in [5, 5.41) is 12.9. The van der Waals surface area contributed by atoms with Crippen LogP contribution in [-0.2, 0) is 11.2 Å². The summed E-state index contributed by atoms with van der Waals surface area (Å²) >= 11 is 7.03. The second-order valence-corrected chi connectivity index (χ2v) is 6.53. The number of carbonyl (C=O) groups is 1. The van der Waals surface area contributed by atoms with Crippen LogP contribution in [0.25, 0.3) is 10.4 Å². The van der Waals surface area contributed by atoms with Gasteiger partial charge in [-0.3, -0.25) is 4.98 Å². The van der Waals surface area contributed by atoms with E-state index in [1.54, 1.807) is 23.7 Å². The normalized spacial score (nSPS) is 9.62. The fraction of sp³-hybridized carbons (Fsp3) is 0.105. The maximum Gasteiger partial charge on any atom is 0.141 e. The third-order valence-electron chi connectivity index (χ3n) is 3.35. The summed E-state index contributed by atoms with van der Waals surface area (Å²) in [5.74, 6) is -0.457. The molecule has 0 radical (unpaired) electrons. The average molecular weight is 388 g/mol. The summed E-state index contributed by atoms with van der Waals surface area (Å²) < 4.78 is 12.5. The molecule has 2 aromatic heterocycles. The standard InChI is InChI=1S/C11H9N3S.C8H6ClFO/c1-13-11-9(7-12)6-10(15-11)8-2-4-14-5-3-8;9-7-5-6(3-4-11)1-2-8(7)10/h2-6,13H,1H3;1-2,4-5H,3H2. The largest absolute Gasteiger partial charge is 0.379 e. The van der Waals surface area contributed by atoms with E-state index in [9.17, 15) is 9.18 Å². The molecule has 3 aromatic rings. The third kappa shape index (κ3) is 5.12. The predicted octanol–water partition coefficient (Wildman–Crippen LogP) is 4.94. The van der Waals surface area contributed by atoms with Gasteiger partial charge in [-0.15, -0.1) is 11.3 Å². The van der Waals surface area contributed by atoms with Gasteiger partial charge in [-0.05, 0) is 41.5 Å². The van der Waals surface area contributed by atoms with Crippen molar-refractivity contribution in [3.8, 4) is 16.5 Å². The number of nitriles is 1. The van der Waals surface area contributed by atoms with Gasteiger partial charge in [0.25, 0.3) is 0 Å². The fourth-order valence-corrected chi connectivity index (χ4v) is 3.25. The smallest absolute Gasteiger partial charge is 0.141 e. The second kappa shape index (κ2) is 9.66. The highest BCUT2D eigenvalue weighted by Gasteiger charge is 2.08. The van der Waals surface area contributed by atoms with Crippen LogP contribution in [0, 0.1) is 17.1 Å². The number of nitrogens with one attached hydrogen (secondary N) is 1. The van der Waals surface area contributed by atoms with Gasteiger partial charge in [-0.2, -0.15) is 5.26 Å². The number of carbonyl (C=O) groups excluding carboxylic acids is 1. The Kier molecular flexibility index (Phi) is 7.27. The SMILES string of the molecule is CNc1sc(-c2ccncc2)cc1C#N.O=CCc1ccc(F)c(Cl)c1. The molecule has 3 rings (SSSR count). The van der Waals surface area contributed by atoms with Crippen molar-refractivity contribution in [2.75, 3.05) is 12.4 Å². The molecule has 0 saturated carbocycles. The molecule has 4 nitrogen and oxygen atoms in total. The van der Waals surface area contributed by atoms with Crippen LogP contribution in [0.15, 0.2) is 48.8 Å². The molecule has 0 amide bonds. The van der Waals surface area contributed by atoms with Gasteiger partial charge in [0.15, 0.2) is 0 Å². The number of pyridine rings is 1. The summed E-state index contributed by atoms with van der Waals surface area (Å²) in [7, 11) is 1.82. The highest BCUT2D eigenvalue weighted by Crippen LogP contribution is 2.34. The van der Waals surface area contributed by atoms with Crippen molar-refractivity contribution in [1.29, 1.82) is 5.26 Å². The number of hydrogen-bond donors (Lipinski definition) is 1. The number of aromatic nitrogens is 1. The number of aldehydes is 1. The topological polar surface area (TPSA) is 65.8 Å². The Morgan fingerprint density at radius 1 is 1.31 bits per heavy atom. The molecule has 2 heterocycles. The summed E-state index contributed by atoms with van der Waals surface area (Å²) in [4.78, 5) is 15.1. The zero-order valence-electron chi connectivity index (χ0n) is 13.9. The van der Waals surface area contributed by atoms with Crippen LogP contribution in [0.3, 0.4) is 0 Å². The fourth-order valence-electron chi connectivity index (χ4n) is 2.08. The number of hydrogen-bond acceptors (Lipinski definition) is 5. The van der Waals surface area contributed by atoms with Crippen molar-refractivity contribution in [3.05, 3.63) is 70.8 Å². The van der Waals surface area contributed by atoms with Crippen LogP contribution in [0.2, 0.25) is 5.02 Å². The lowest BCUT2D eigenvalue weighted by molar-refractivity contribution is -0.107. The van der Waals surface area contributed by atoms with Crippen LogP contribution in [0.4, 0.5) is 9.39 Å². The first kappa shape index (κ1) is 19.6.